The average molecular weight is 400 g/mol. The molecule has 0 aromatic heterocycles. The molecule has 1 saturated heterocycles. The first-order chi connectivity index (χ1) is 13.5. The van der Waals surface area contributed by atoms with Gasteiger partial charge in [0.05, 0.1) is 6.54 Å². The van der Waals surface area contributed by atoms with Crippen LogP contribution < -0.4 is 5.32 Å². The van der Waals surface area contributed by atoms with Crippen LogP contribution in [0.1, 0.15) is 45.1 Å². The SMILES string of the molecule is Cc1cc(C)c(C(=O)CN2C(=O)N[C@](C)(c3cc(F)ccc3F)C2=O)c(C)c1C. The van der Waals surface area contributed by atoms with Gasteiger partial charge < -0.3 is 5.32 Å². The molecule has 1 N–H and O–H groups in total. The highest BCUT2D eigenvalue weighted by molar-refractivity contribution is 6.11. The highest BCUT2D eigenvalue weighted by Gasteiger charge is 2.51. The van der Waals surface area contributed by atoms with Crippen molar-refractivity contribution in [2.75, 3.05) is 6.54 Å². The predicted octanol–water partition coefficient (Wildman–Crippen LogP) is 3.85. The van der Waals surface area contributed by atoms with Gasteiger partial charge >= 0.3 is 6.03 Å². The Morgan fingerprint density at radius 1 is 1.03 bits per heavy atom. The van der Waals surface area contributed by atoms with Crippen LogP contribution in [-0.4, -0.2) is 29.2 Å². The lowest BCUT2D eigenvalue weighted by molar-refractivity contribution is -0.130. The molecule has 0 saturated carbocycles. The van der Waals surface area contributed by atoms with Crippen LogP contribution in [0.4, 0.5) is 13.6 Å². The lowest BCUT2D eigenvalue weighted by Crippen LogP contribution is -2.42. The van der Waals surface area contributed by atoms with Crippen molar-refractivity contribution in [3.63, 3.8) is 0 Å². The fourth-order valence-electron chi connectivity index (χ4n) is 3.84. The summed E-state index contributed by atoms with van der Waals surface area (Å²) in [6.07, 6.45) is 0. The number of nitrogens with one attached hydrogen (secondary N) is 1. The number of hydrogen-bond acceptors (Lipinski definition) is 3. The van der Waals surface area contributed by atoms with E-state index in [1.54, 1.807) is 6.92 Å². The van der Waals surface area contributed by atoms with Gasteiger partial charge in [-0.1, -0.05) is 6.07 Å². The minimum atomic E-state index is -1.79. The summed E-state index contributed by atoms with van der Waals surface area (Å²) in [6, 6.07) is 3.75. The van der Waals surface area contributed by atoms with Crippen molar-refractivity contribution >= 4 is 17.7 Å². The number of Topliss-reactive ketones (excluding diaryl/α,β-unsaturated/α-hetero) is 1. The van der Waals surface area contributed by atoms with Crippen LogP contribution >= 0.6 is 0 Å². The standard InChI is InChI=1S/C22H22F2N2O3/c1-11-8-12(2)19(14(4)13(11)3)18(27)10-26-20(28)22(5,25-21(26)29)16-9-15(23)6-7-17(16)24/h6-9H,10H2,1-5H3,(H,25,29)/t22-/m1/s1. The third-order valence-corrected chi connectivity index (χ3v) is 5.68. The molecule has 2 aromatic carbocycles. The van der Waals surface area contributed by atoms with E-state index in [-0.39, 0.29) is 5.56 Å². The van der Waals surface area contributed by atoms with E-state index in [9.17, 15) is 23.2 Å². The molecule has 3 amide bonds. The van der Waals surface area contributed by atoms with Crippen LogP contribution in [0, 0.1) is 39.3 Å². The number of urea groups is 1. The highest BCUT2D eigenvalue weighted by atomic mass is 19.1. The molecular formula is C22H22F2N2O3. The number of carbonyl (C=O) groups is 3. The van der Waals surface area contributed by atoms with Crippen molar-refractivity contribution in [3.05, 3.63) is 69.3 Å². The fourth-order valence-corrected chi connectivity index (χ4v) is 3.84. The number of halogens is 2. The zero-order valence-electron chi connectivity index (χ0n) is 16.9. The molecule has 3 rings (SSSR count). The summed E-state index contributed by atoms with van der Waals surface area (Å²) in [7, 11) is 0. The molecule has 29 heavy (non-hydrogen) atoms. The number of rotatable bonds is 4. The molecule has 152 valence electrons. The first-order valence-electron chi connectivity index (χ1n) is 9.17. The number of aryl methyl sites for hydroxylation is 2. The molecule has 1 atom stereocenters. The Morgan fingerprint density at radius 3 is 2.34 bits per heavy atom. The van der Waals surface area contributed by atoms with Gasteiger partial charge in [0.2, 0.25) is 0 Å². The fraction of sp³-hybridized carbons (Fsp3) is 0.318. The summed E-state index contributed by atoms with van der Waals surface area (Å²) in [4.78, 5) is 39.1. The summed E-state index contributed by atoms with van der Waals surface area (Å²) in [5.41, 5.74) is 1.92. The Kier molecular flexibility index (Phi) is 5.03. The number of nitrogens with zero attached hydrogens (tertiary/aromatic N) is 1. The second-order valence-corrected chi connectivity index (χ2v) is 7.63. The van der Waals surface area contributed by atoms with Gasteiger partial charge in [-0.25, -0.2) is 13.6 Å². The quantitative estimate of drug-likeness (QED) is 0.626. The summed E-state index contributed by atoms with van der Waals surface area (Å²) >= 11 is 0. The molecule has 1 heterocycles. The number of benzene rings is 2. The first kappa shape index (κ1) is 20.6. The predicted molar refractivity (Wildman–Crippen MR) is 104 cm³/mol. The molecule has 1 aliphatic rings. The Hall–Kier alpha value is -3.09. The molecule has 7 heteroatoms. The minimum Gasteiger partial charge on any atom is -0.319 e. The monoisotopic (exact) mass is 400 g/mol. The molecule has 0 spiro atoms. The summed E-state index contributed by atoms with van der Waals surface area (Å²) in [5.74, 6) is -2.76. The van der Waals surface area contributed by atoms with E-state index in [1.807, 2.05) is 26.8 Å². The Morgan fingerprint density at radius 2 is 1.69 bits per heavy atom. The van der Waals surface area contributed by atoms with Crippen LogP contribution in [0.25, 0.3) is 0 Å². The summed E-state index contributed by atoms with van der Waals surface area (Å²) in [5, 5.41) is 2.40. The van der Waals surface area contributed by atoms with Crippen molar-refractivity contribution in [1.82, 2.24) is 10.2 Å². The normalized spacial score (nSPS) is 18.9. The van der Waals surface area contributed by atoms with E-state index in [2.05, 4.69) is 5.32 Å². The van der Waals surface area contributed by atoms with Crippen molar-refractivity contribution in [2.24, 2.45) is 0 Å². The zero-order valence-corrected chi connectivity index (χ0v) is 16.9. The summed E-state index contributed by atoms with van der Waals surface area (Å²) < 4.78 is 27.9. The summed E-state index contributed by atoms with van der Waals surface area (Å²) in [6.45, 7) is 8.27. The maximum atomic E-state index is 14.3. The highest BCUT2D eigenvalue weighted by Crippen LogP contribution is 2.32. The van der Waals surface area contributed by atoms with Crippen molar-refractivity contribution in [1.29, 1.82) is 0 Å². The number of amides is 3. The maximum Gasteiger partial charge on any atom is 0.325 e. The van der Waals surface area contributed by atoms with Gasteiger partial charge in [-0.05, 0) is 75.1 Å². The van der Waals surface area contributed by atoms with Gasteiger partial charge in [-0.15, -0.1) is 0 Å². The van der Waals surface area contributed by atoms with Gasteiger partial charge in [-0.2, -0.15) is 0 Å². The first-order valence-corrected chi connectivity index (χ1v) is 9.17. The molecule has 1 aliphatic heterocycles. The van der Waals surface area contributed by atoms with E-state index in [0.717, 1.165) is 45.4 Å². The number of ketones is 1. The van der Waals surface area contributed by atoms with Gasteiger partial charge in [0, 0.05) is 11.1 Å². The van der Waals surface area contributed by atoms with Crippen molar-refractivity contribution in [3.8, 4) is 0 Å². The van der Waals surface area contributed by atoms with Crippen LogP contribution in [0.3, 0.4) is 0 Å². The molecule has 2 aromatic rings. The Balaban J connectivity index is 1.95. The van der Waals surface area contributed by atoms with Crippen LogP contribution in [0.2, 0.25) is 0 Å². The van der Waals surface area contributed by atoms with E-state index in [0.29, 0.717) is 5.56 Å². The second kappa shape index (κ2) is 7.06. The van der Waals surface area contributed by atoms with Crippen LogP contribution in [0.15, 0.2) is 24.3 Å². The molecular weight excluding hydrogens is 378 g/mol. The molecule has 0 unspecified atom stereocenters. The lowest BCUT2D eigenvalue weighted by atomic mass is 9.90. The Bertz CT molecular complexity index is 1060. The third-order valence-electron chi connectivity index (χ3n) is 5.68. The van der Waals surface area contributed by atoms with E-state index >= 15 is 0 Å². The molecule has 0 radical (unpaired) electrons. The van der Waals surface area contributed by atoms with Crippen molar-refractivity contribution < 1.29 is 23.2 Å². The Labute approximate surface area is 167 Å². The minimum absolute atomic E-state index is 0.288. The molecule has 0 bridgehead atoms. The van der Waals surface area contributed by atoms with E-state index in [4.69, 9.17) is 0 Å². The average Bonchev–Trinajstić information content (AvgIpc) is 2.85. The second-order valence-electron chi connectivity index (χ2n) is 7.63. The van der Waals surface area contributed by atoms with Crippen LogP contribution in [-0.2, 0) is 10.3 Å². The molecule has 1 fully saturated rings. The molecule has 0 aliphatic carbocycles. The van der Waals surface area contributed by atoms with Gasteiger partial charge in [0.15, 0.2) is 5.78 Å². The van der Waals surface area contributed by atoms with Gasteiger partial charge in [-0.3, -0.25) is 14.5 Å². The van der Waals surface area contributed by atoms with Gasteiger partial charge in [0.25, 0.3) is 5.91 Å². The van der Waals surface area contributed by atoms with Crippen molar-refractivity contribution in [2.45, 2.75) is 40.2 Å². The topological polar surface area (TPSA) is 66.5 Å². The number of imide groups is 1. The third kappa shape index (κ3) is 3.30. The lowest BCUT2D eigenvalue weighted by Gasteiger charge is -2.23. The van der Waals surface area contributed by atoms with E-state index in [1.165, 1.54) is 6.92 Å². The smallest absolute Gasteiger partial charge is 0.319 e. The van der Waals surface area contributed by atoms with Gasteiger partial charge in [0.1, 0.15) is 17.2 Å². The zero-order chi connectivity index (χ0) is 21.7. The van der Waals surface area contributed by atoms with E-state index < -0.39 is 41.4 Å². The number of carbonyl (C=O) groups excluding carboxylic acids is 3. The largest absolute Gasteiger partial charge is 0.325 e. The number of hydrogen-bond donors (Lipinski definition) is 1. The van der Waals surface area contributed by atoms with Crippen LogP contribution in [0.5, 0.6) is 0 Å². The molecule has 5 nitrogen and oxygen atoms in total. The maximum absolute atomic E-state index is 14.3.